The first-order valence-electron chi connectivity index (χ1n) is 48.1. The molecule has 21 rings (SSSR count). The minimum absolute atomic E-state index is 0. The van der Waals surface area contributed by atoms with E-state index in [1.165, 1.54) is 66.8 Å². The van der Waals surface area contributed by atoms with Crippen LogP contribution in [0.3, 0.4) is 0 Å². The molecule has 8 aromatic heterocycles. The van der Waals surface area contributed by atoms with Gasteiger partial charge in [-0.1, -0.05) is 297 Å². The molecular formula is C134H116Ir4N8-8. The Morgan fingerprint density at radius 2 is 0.493 bits per heavy atom. The molecular weight excluding hydrogens is 2490 g/mol. The van der Waals surface area contributed by atoms with Crippen molar-refractivity contribution in [2.75, 3.05) is 0 Å². The van der Waals surface area contributed by atoms with E-state index in [9.17, 15) is 0 Å². The van der Waals surface area contributed by atoms with Crippen LogP contribution in [0.15, 0.2) is 498 Å². The Hall–Kier alpha value is -14.3. The molecule has 0 fully saturated rings. The second-order valence-corrected chi connectivity index (χ2v) is 36.0. The number of pyridine rings is 8. The summed E-state index contributed by atoms with van der Waals surface area (Å²) >= 11 is 0. The van der Waals surface area contributed by atoms with E-state index in [1.54, 1.807) is 6.20 Å². The van der Waals surface area contributed by atoms with E-state index in [4.69, 9.17) is 0 Å². The van der Waals surface area contributed by atoms with Crippen molar-refractivity contribution in [3.05, 3.63) is 614 Å². The van der Waals surface area contributed by atoms with Gasteiger partial charge in [0.2, 0.25) is 0 Å². The van der Waals surface area contributed by atoms with Gasteiger partial charge in [0.1, 0.15) is 0 Å². The van der Waals surface area contributed by atoms with Crippen molar-refractivity contribution < 1.29 is 80.4 Å². The molecule has 1 unspecified atom stereocenters. The maximum Gasteiger partial charge on any atom is 0.0163 e. The van der Waals surface area contributed by atoms with Crippen molar-refractivity contribution in [3.8, 4) is 90.1 Å². The average molecular weight is 2610 g/mol. The molecule has 0 amide bonds. The van der Waals surface area contributed by atoms with Crippen LogP contribution in [0.1, 0.15) is 134 Å². The largest absolute Gasteiger partial charge is 0.305 e. The normalized spacial score (nSPS) is 10.5. The number of nitrogens with zero attached hydrogens (tertiary/aromatic N) is 8. The van der Waals surface area contributed by atoms with Crippen molar-refractivity contribution >= 4 is 0 Å². The van der Waals surface area contributed by atoms with Crippen molar-refractivity contribution in [1.82, 2.24) is 39.9 Å². The van der Waals surface area contributed by atoms with Crippen LogP contribution in [-0.2, 0) is 112 Å². The number of rotatable bonds is 20. The van der Waals surface area contributed by atoms with Crippen LogP contribution >= 0.6 is 0 Å². The van der Waals surface area contributed by atoms with Gasteiger partial charge in [-0.05, 0) is 176 Å². The fraction of sp³-hybridized carbons (Fsp3) is 0.119. The van der Waals surface area contributed by atoms with E-state index >= 15 is 0 Å². The van der Waals surface area contributed by atoms with Gasteiger partial charge in [0, 0.05) is 130 Å². The van der Waals surface area contributed by atoms with Gasteiger partial charge >= 0.3 is 0 Å². The third kappa shape index (κ3) is 37.1. The Labute approximate surface area is 919 Å². The summed E-state index contributed by atoms with van der Waals surface area (Å²) in [6.45, 7) is 17.9. The molecule has 146 heavy (non-hydrogen) atoms. The summed E-state index contributed by atoms with van der Waals surface area (Å²) in [4.78, 5) is 34.9. The topological polar surface area (TPSA) is 103 Å². The molecule has 0 bridgehead atoms. The molecule has 4 radical (unpaired) electrons. The predicted molar refractivity (Wildman–Crippen MR) is 586 cm³/mol. The quantitative estimate of drug-likeness (QED) is 0.0695. The molecule has 0 aliphatic rings. The monoisotopic (exact) mass is 2610 g/mol. The minimum atomic E-state index is -0.0418. The smallest absolute Gasteiger partial charge is 0.0163 e. The fourth-order valence-electron chi connectivity index (χ4n) is 15.7. The Balaban J connectivity index is 0.000000171. The summed E-state index contributed by atoms with van der Waals surface area (Å²) in [5.41, 5.74) is 32.1. The van der Waals surface area contributed by atoms with E-state index in [-0.39, 0.29) is 85.8 Å². The maximum absolute atomic E-state index is 4.42. The minimum Gasteiger partial charge on any atom is -0.305 e. The van der Waals surface area contributed by atoms with Gasteiger partial charge in [-0.3, -0.25) is 0 Å². The van der Waals surface area contributed by atoms with Crippen molar-refractivity contribution in [2.45, 2.75) is 98.3 Å². The standard InChI is InChI=1S/C20H18N.C19H16N.3C18H14N.C16H18N.C14H14N.C11H8N.4Ir/c1-20(2,17-10-4-3-5-11-17)18-12-8-9-16(15-18)19-13-6-7-14-21-19;1-15(16-8-3-2-4-9-16)17-10-7-11-18(14-17)19-12-5-6-13-20-19;1-3-7-15(8-4-1)13-16-11-12-19-18(14-16)17-9-5-2-6-10-17;2*1-2-7-15(8-3-1)13-16-9-6-10-17(14-16)18-11-4-5-12-19-18;1-16(2,3)12-13-9-10-17-15(11-13)14-7-5-4-6-8-14;1-11(2)13-8-9-15-14(10-13)12-6-4-3-5-7-12;1-2-6-10(7-3-1)11-8-4-5-9-12-11;;;;/h3-8,10-15H,1-2H3;2-10,12-15H,1H3;3*1-9,11-12,14H,13H2;4-7,9-11H,12H2,1-3H3;3-6,8-11H,1-2H3;1-6,8-9H;;;;/q8*-1;;;;. The second-order valence-electron chi connectivity index (χ2n) is 36.0. The Kier molecular flexibility index (Phi) is 47.5. The summed E-state index contributed by atoms with van der Waals surface area (Å²) in [5, 5.41) is 0. The van der Waals surface area contributed by atoms with E-state index in [0.717, 1.165) is 116 Å². The molecule has 12 heteroatoms. The SMILES string of the molecule is CC(C)(C)Cc1ccnc(-c2[c-]cccc2)c1.CC(C)(c1ccccc1)c1cc[c-]c(-c2ccccn2)c1.CC(C)c1ccnc(-c2[c-]cccc2)c1.CC(c1ccccc1)c1cc[c-]c(-c2ccccn2)c1.[Ir].[Ir].[Ir].[Ir].[c-]1ccc(Cc2ccccc2)cc1-c1ccccn1.[c-]1ccc(Cc2ccccc2)cc1-c1ccccn1.[c-]1ccccc1-c1cc(Cc2ccccc2)ccn1.[c-]1ccccc1-c1ccccn1. The molecule has 13 aromatic carbocycles. The average Bonchev–Trinajstić information content (AvgIpc) is 0.797. The number of hydrogen-bond donors (Lipinski definition) is 0. The van der Waals surface area contributed by atoms with Crippen LogP contribution in [-0.4, -0.2) is 39.9 Å². The van der Waals surface area contributed by atoms with Gasteiger partial charge in [0.25, 0.3) is 0 Å². The molecule has 21 aromatic rings. The van der Waals surface area contributed by atoms with Crippen LogP contribution < -0.4 is 0 Å². The Morgan fingerprint density at radius 1 is 0.199 bits per heavy atom. The number of hydrogen-bond acceptors (Lipinski definition) is 8. The van der Waals surface area contributed by atoms with Crippen LogP contribution in [0.2, 0.25) is 0 Å². The second kappa shape index (κ2) is 61.1. The van der Waals surface area contributed by atoms with Crippen LogP contribution in [0, 0.1) is 53.9 Å². The van der Waals surface area contributed by atoms with Crippen molar-refractivity contribution in [2.24, 2.45) is 5.41 Å². The zero-order valence-corrected chi connectivity index (χ0v) is 92.8. The van der Waals surface area contributed by atoms with E-state index in [1.807, 2.05) is 280 Å². The van der Waals surface area contributed by atoms with Crippen molar-refractivity contribution in [1.29, 1.82) is 0 Å². The van der Waals surface area contributed by atoms with Gasteiger partial charge < -0.3 is 39.9 Å². The Morgan fingerprint density at radius 3 is 0.863 bits per heavy atom. The molecule has 0 spiro atoms. The zero-order chi connectivity index (χ0) is 98.4. The number of aromatic nitrogens is 8. The third-order valence-electron chi connectivity index (χ3n) is 23.3. The molecule has 8 heterocycles. The van der Waals surface area contributed by atoms with Crippen LogP contribution in [0.25, 0.3) is 90.1 Å². The molecule has 0 aliphatic carbocycles. The summed E-state index contributed by atoms with van der Waals surface area (Å²) in [6.07, 6.45) is 18.5. The maximum atomic E-state index is 4.42. The molecule has 8 nitrogen and oxygen atoms in total. The summed E-state index contributed by atoms with van der Waals surface area (Å²) in [5.74, 6) is 0.906. The predicted octanol–water partition coefficient (Wildman–Crippen LogP) is 32.3. The van der Waals surface area contributed by atoms with Gasteiger partial charge in [0.15, 0.2) is 0 Å². The Bertz CT molecular complexity index is 6880. The summed E-state index contributed by atoms with van der Waals surface area (Å²) in [7, 11) is 0. The third-order valence-corrected chi connectivity index (χ3v) is 23.3. The molecule has 1 atom stereocenters. The summed E-state index contributed by atoms with van der Waals surface area (Å²) in [6, 6.07) is 177. The first kappa shape index (κ1) is 114. The number of benzene rings is 13. The van der Waals surface area contributed by atoms with E-state index in [2.05, 4.69) is 356 Å². The van der Waals surface area contributed by atoms with Gasteiger partial charge in [-0.2, -0.15) is 0 Å². The molecule has 0 aliphatic heterocycles. The van der Waals surface area contributed by atoms with Gasteiger partial charge in [-0.25, -0.2) is 0 Å². The van der Waals surface area contributed by atoms with E-state index in [0.29, 0.717) is 17.3 Å². The van der Waals surface area contributed by atoms with Gasteiger partial charge in [0.05, 0.1) is 0 Å². The van der Waals surface area contributed by atoms with Crippen molar-refractivity contribution in [3.63, 3.8) is 0 Å². The molecule has 0 N–H and O–H groups in total. The first-order chi connectivity index (χ1) is 69.5. The zero-order valence-electron chi connectivity index (χ0n) is 83.2. The van der Waals surface area contributed by atoms with Gasteiger partial charge in [-0.15, -0.1) is 285 Å². The summed E-state index contributed by atoms with van der Waals surface area (Å²) < 4.78 is 0. The first-order valence-corrected chi connectivity index (χ1v) is 48.1. The molecule has 736 valence electrons. The molecule has 0 saturated carbocycles. The molecule has 0 saturated heterocycles. The van der Waals surface area contributed by atoms with Crippen LogP contribution in [0.5, 0.6) is 0 Å². The fourth-order valence-corrected chi connectivity index (χ4v) is 15.7. The van der Waals surface area contributed by atoms with Crippen LogP contribution in [0.4, 0.5) is 0 Å². The van der Waals surface area contributed by atoms with E-state index < -0.39 is 0 Å².